The van der Waals surface area contributed by atoms with Crippen LogP contribution in [0.3, 0.4) is 0 Å². The summed E-state index contributed by atoms with van der Waals surface area (Å²) < 4.78 is 0. The smallest absolute Gasteiger partial charge is 0.264 e. The van der Waals surface area contributed by atoms with Crippen LogP contribution in [0.1, 0.15) is 25.0 Å². The lowest BCUT2D eigenvalue weighted by Gasteiger charge is -2.17. The van der Waals surface area contributed by atoms with Gasteiger partial charge in [0.15, 0.2) is 5.69 Å². The lowest BCUT2D eigenvalue weighted by Crippen LogP contribution is -2.31. The van der Waals surface area contributed by atoms with Crippen LogP contribution in [0, 0.1) is 17.9 Å². The number of amides is 1. The molecule has 1 amide bonds. The molecule has 0 saturated carbocycles. The molecule has 0 aliphatic heterocycles. The van der Waals surface area contributed by atoms with E-state index in [1.807, 2.05) is 19.9 Å². The quantitative estimate of drug-likeness (QED) is 0.498. The van der Waals surface area contributed by atoms with E-state index in [0.29, 0.717) is 30.8 Å². The fourth-order valence-corrected chi connectivity index (χ4v) is 2.11. The van der Waals surface area contributed by atoms with Crippen LogP contribution >= 0.6 is 0 Å². The highest BCUT2D eigenvalue weighted by Crippen LogP contribution is 2.21. The second kappa shape index (κ2) is 8.61. The third-order valence-electron chi connectivity index (χ3n) is 3.24. The molecular formula is C17H19N3O2. The Balaban J connectivity index is 3.23. The summed E-state index contributed by atoms with van der Waals surface area (Å²) in [6.07, 6.45) is 1.92. The summed E-state index contributed by atoms with van der Waals surface area (Å²) in [5.41, 5.74) is 1.88. The first-order chi connectivity index (χ1) is 10.6. The van der Waals surface area contributed by atoms with E-state index in [0.717, 1.165) is 5.56 Å². The van der Waals surface area contributed by atoms with Gasteiger partial charge >= 0.3 is 0 Å². The van der Waals surface area contributed by atoms with Gasteiger partial charge < -0.3 is 10.0 Å². The Bertz CT molecular complexity index is 647. The molecule has 0 fully saturated rings. The van der Waals surface area contributed by atoms with Crippen LogP contribution in [-0.4, -0.2) is 35.6 Å². The highest BCUT2D eigenvalue weighted by atomic mass is 16.3. The molecule has 0 atom stereocenters. The molecule has 5 heteroatoms. The molecule has 1 aromatic carbocycles. The predicted molar refractivity (Wildman–Crippen MR) is 85.0 cm³/mol. The standard InChI is InChI=1S/C17H19N3O2/c1-4-20(5-2)17(22)15(12-18)9-14-8-13(6-7-21)10-16(11-14)19-3/h8-11,21H,4-7H2,1-2H3. The summed E-state index contributed by atoms with van der Waals surface area (Å²) in [4.78, 5) is 17.2. The Kier molecular flexibility index (Phi) is 6.82. The number of aliphatic hydroxyl groups is 1. The summed E-state index contributed by atoms with van der Waals surface area (Å²) in [5.74, 6) is -0.315. The summed E-state index contributed by atoms with van der Waals surface area (Å²) >= 11 is 0. The van der Waals surface area contributed by atoms with Crippen molar-refractivity contribution in [3.05, 3.63) is 46.3 Å². The van der Waals surface area contributed by atoms with Gasteiger partial charge in [-0.3, -0.25) is 4.79 Å². The normalized spacial score (nSPS) is 10.7. The number of carbonyl (C=O) groups excluding carboxylic acids is 1. The van der Waals surface area contributed by atoms with E-state index in [2.05, 4.69) is 4.85 Å². The highest BCUT2D eigenvalue weighted by Gasteiger charge is 2.15. The van der Waals surface area contributed by atoms with Crippen molar-refractivity contribution in [3.8, 4) is 6.07 Å². The Morgan fingerprint density at radius 3 is 2.59 bits per heavy atom. The Morgan fingerprint density at radius 2 is 2.09 bits per heavy atom. The number of benzene rings is 1. The van der Waals surface area contributed by atoms with E-state index < -0.39 is 0 Å². The molecule has 0 unspecified atom stereocenters. The zero-order chi connectivity index (χ0) is 16.5. The van der Waals surface area contributed by atoms with Crippen molar-refractivity contribution in [2.24, 2.45) is 0 Å². The summed E-state index contributed by atoms with van der Waals surface area (Å²) in [7, 11) is 0. The van der Waals surface area contributed by atoms with Gasteiger partial charge in [0.1, 0.15) is 11.6 Å². The summed E-state index contributed by atoms with van der Waals surface area (Å²) in [5, 5.41) is 18.3. The third-order valence-corrected chi connectivity index (χ3v) is 3.24. The molecular weight excluding hydrogens is 278 g/mol. The predicted octanol–water partition coefficient (Wildman–Crippen LogP) is 2.55. The average molecular weight is 297 g/mol. The van der Waals surface area contributed by atoms with Gasteiger partial charge in [-0.05, 0) is 38.0 Å². The van der Waals surface area contributed by atoms with Crippen LogP contribution in [-0.2, 0) is 11.2 Å². The van der Waals surface area contributed by atoms with Crippen molar-refractivity contribution in [2.45, 2.75) is 20.3 Å². The maximum Gasteiger partial charge on any atom is 0.264 e. The van der Waals surface area contributed by atoms with E-state index in [9.17, 15) is 10.1 Å². The minimum atomic E-state index is -0.315. The number of rotatable bonds is 6. The maximum absolute atomic E-state index is 12.2. The number of hydrogen-bond donors (Lipinski definition) is 1. The number of aliphatic hydroxyl groups excluding tert-OH is 1. The monoisotopic (exact) mass is 297 g/mol. The number of likely N-dealkylation sites (N-methyl/N-ethyl adjacent to an activating group) is 1. The first-order valence-corrected chi connectivity index (χ1v) is 7.12. The highest BCUT2D eigenvalue weighted by molar-refractivity contribution is 6.01. The van der Waals surface area contributed by atoms with Gasteiger partial charge in [-0.25, -0.2) is 4.85 Å². The molecule has 0 bridgehead atoms. The zero-order valence-electron chi connectivity index (χ0n) is 12.8. The van der Waals surface area contributed by atoms with E-state index in [1.54, 1.807) is 23.1 Å². The lowest BCUT2D eigenvalue weighted by molar-refractivity contribution is -0.126. The van der Waals surface area contributed by atoms with Gasteiger partial charge in [0.05, 0.1) is 6.57 Å². The first kappa shape index (κ1) is 17.4. The van der Waals surface area contributed by atoms with E-state index >= 15 is 0 Å². The first-order valence-electron chi connectivity index (χ1n) is 7.12. The molecule has 0 saturated heterocycles. The topological polar surface area (TPSA) is 68.7 Å². The molecule has 0 aromatic heterocycles. The number of nitrogens with zero attached hydrogens (tertiary/aromatic N) is 3. The van der Waals surface area contributed by atoms with Crippen molar-refractivity contribution < 1.29 is 9.90 Å². The summed E-state index contributed by atoms with van der Waals surface area (Å²) in [6.45, 7) is 11.9. The zero-order valence-corrected chi connectivity index (χ0v) is 12.8. The molecule has 0 radical (unpaired) electrons. The van der Waals surface area contributed by atoms with Crippen LogP contribution in [0.5, 0.6) is 0 Å². The lowest BCUT2D eigenvalue weighted by atomic mass is 10.0. The molecule has 1 N–H and O–H groups in total. The van der Waals surface area contributed by atoms with Crippen LogP contribution in [0.25, 0.3) is 10.9 Å². The van der Waals surface area contributed by atoms with Gasteiger partial charge in [-0.15, -0.1) is 0 Å². The Morgan fingerprint density at radius 1 is 1.41 bits per heavy atom. The van der Waals surface area contributed by atoms with Crippen LogP contribution in [0.4, 0.5) is 5.69 Å². The average Bonchev–Trinajstić information content (AvgIpc) is 2.53. The van der Waals surface area contributed by atoms with Gasteiger partial charge in [0, 0.05) is 19.7 Å². The molecule has 0 heterocycles. The van der Waals surface area contributed by atoms with Crippen molar-refractivity contribution in [2.75, 3.05) is 19.7 Å². The van der Waals surface area contributed by atoms with Crippen molar-refractivity contribution in [3.63, 3.8) is 0 Å². The van der Waals surface area contributed by atoms with Crippen LogP contribution in [0.15, 0.2) is 23.8 Å². The second-order valence-electron chi connectivity index (χ2n) is 4.67. The fraction of sp³-hybridized carbons (Fsp3) is 0.353. The molecule has 0 aliphatic carbocycles. The van der Waals surface area contributed by atoms with Gasteiger partial charge in [-0.2, -0.15) is 5.26 Å². The van der Waals surface area contributed by atoms with Crippen molar-refractivity contribution >= 4 is 17.7 Å². The number of nitriles is 1. The Labute approximate surface area is 130 Å². The second-order valence-corrected chi connectivity index (χ2v) is 4.67. The maximum atomic E-state index is 12.2. The molecule has 22 heavy (non-hydrogen) atoms. The van der Waals surface area contributed by atoms with Crippen molar-refractivity contribution in [1.82, 2.24) is 4.90 Å². The minimum absolute atomic E-state index is 0.0197. The minimum Gasteiger partial charge on any atom is -0.396 e. The van der Waals surface area contributed by atoms with Crippen molar-refractivity contribution in [1.29, 1.82) is 5.26 Å². The largest absolute Gasteiger partial charge is 0.396 e. The van der Waals surface area contributed by atoms with E-state index in [1.165, 1.54) is 6.08 Å². The number of hydrogen-bond acceptors (Lipinski definition) is 3. The van der Waals surface area contributed by atoms with Crippen LogP contribution in [0.2, 0.25) is 0 Å². The molecule has 1 aromatic rings. The third kappa shape index (κ3) is 4.44. The van der Waals surface area contributed by atoms with Gasteiger partial charge in [0.2, 0.25) is 0 Å². The van der Waals surface area contributed by atoms with E-state index in [-0.39, 0.29) is 18.1 Å². The van der Waals surface area contributed by atoms with Gasteiger partial charge in [0.25, 0.3) is 5.91 Å². The Hall–Kier alpha value is -2.63. The molecule has 0 spiro atoms. The number of carbonyl (C=O) groups is 1. The molecule has 1 rings (SSSR count). The molecule has 0 aliphatic rings. The fourth-order valence-electron chi connectivity index (χ4n) is 2.11. The van der Waals surface area contributed by atoms with Gasteiger partial charge in [-0.1, -0.05) is 17.7 Å². The summed E-state index contributed by atoms with van der Waals surface area (Å²) in [6, 6.07) is 7.03. The molecule has 114 valence electrons. The molecule has 5 nitrogen and oxygen atoms in total. The SMILES string of the molecule is [C-]#[N+]c1cc(C=C(C#N)C(=O)N(CC)CC)cc(CCO)c1. The van der Waals surface area contributed by atoms with Crippen LogP contribution < -0.4 is 0 Å². The van der Waals surface area contributed by atoms with E-state index in [4.69, 9.17) is 11.7 Å².